The van der Waals surface area contributed by atoms with Crippen LogP contribution in [0.15, 0.2) is 0 Å². The number of rotatable bonds is 0. The smallest absolute Gasteiger partial charge is 0.248 e. The Hall–Kier alpha value is -4.78. The van der Waals surface area contributed by atoms with Crippen molar-refractivity contribution in [3.8, 4) is 0 Å². The monoisotopic (exact) mass is 1120 g/mol. The number of nitrogens with zero attached hydrogens (tertiary/aromatic N) is 8. The van der Waals surface area contributed by atoms with Gasteiger partial charge in [0.1, 0.15) is 16.6 Å². The average molecular weight is 1120 g/mol. The minimum absolute atomic E-state index is 0.0267. The first-order valence-electron chi connectivity index (χ1n) is 30.8. The first-order valence-corrected chi connectivity index (χ1v) is 30.8. The van der Waals surface area contributed by atoms with Gasteiger partial charge in [-0.25, -0.2) is 0 Å². The summed E-state index contributed by atoms with van der Waals surface area (Å²) in [6, 6.07) is -0.0101. The van der Waals surface area contributed by atoms with Crippen LogP contribution in [-0.2, 0) is 47.9 Å². The van der Waals surface area contributed by atoms with E-state index in [0.29, 0.717) is 68.7 Å². The molecule has 442 valence electrons. The molecule has 15 saturated heterocycles. The van der Waals surface area contributed by atoms with E-state index in [0.717, 1.165) is 51.9 Å². The van der Waals surface area contributed by atoms with Gasteiger partial charge in [-0.15, -0.1) is 0 Å². The Balaban J connectivity index is 0.000000114. The molecule has 18 aliphatic rings. The zero-order chi connectivity index (χ0) is 58.5. The van der Waals surface area contributed by atoms with Crippen LogP contribution in [0.5, 0.6) is 0 Å². The zero-order valence-corrected chi connectivity index (χ0v) is 50.6. The average Bonchev–Trinajstić information content (AvgIpc) is 1.74. The van der Waals surface area contributed by atoms with Gasteiger partial charge >= 0.3 is 0 Å². The molecule has 19 nitrogen and oxygen atoms in total. The van der Waals surface area contributed by atoms with Gasteiger partial charge in [-0.3, -0.25) is 72.9 Å². The number of hydrogen-bond acceptors (Lipinski definition) is 12. The minimum Gasteiger partial charge on any atom is -0.341 e. The van der Waals surface area contributed by atoms with E-state index < -0.39 is 38.3 Å². The number of carbonyl (C=O) groups excluding carboxylic acids is 10. The lowest BCUT2D eigenvalue weighted by molar-refractivity contribution is -0.166. The highest BCUT2D eigenvalue weighted by atomic mass is 16.2. The zero-order valence-electron chi connectivity index (χ0n) is 50.6. The van der Waals surface area contributed by atoms with Crippen molar-refractivity contribution in [1.29, 1.82) is 0 Å². The van der Waals surface area contributed by atoms with Crippen molar-refractivity contribution in [2.24, 2.45) is 85.8 Å². The highest BCUT2D eigenvalue weighted by Gasteiger charge is 2.77. The van der Waals surface area contributed by atoms with Crippen molar-refractivity contribution in [3.63, 3.8) is 0 Å². The van der Waals surface area contributed by atoms with Gasteiger partial charge < -0.3 is 19.6 Å². The van der Waals surface area contributed by atoms with Crippen LogP contribution < -0.4 is 5.32 Å². The number of likely N-dealkylation sites (N-methyl/N-ethyl adjacent to an activating group) is 3. The summed E-state index contributed by atoms with van der Waals surface area (Å²) in [4.78, 5) is 146. The van der Waals surface area contributed by atoms with E-state index in [1.54, 1.807) is 14.1 Å². The van der Waals surface area contributed by atoms with Crippen molar-refractivity contribution in [2.45, 2.75) is 174 Å². The van der Waals surface area contributed by atoms with Gasteiger partial charge in [-0.1, -0.05) is 62.3 Å². The van der Waals surface area contributed by atoms with E-state index in [9.17, 15) is 47.9 Å². The molecule has 10 amide bonds. The Morgan fingerprint density at radius 1 is 0.420 bits per heavy atom. The predicted octanol–water partition coefficient (Wildman–Crippen LogP) is 3.23. The molecule has 0 radical (unpaired) electrons. The predicted molar refractivity (Wildman–Crippen MR) is 294 cm³/mol. The molecule has 81 heavy (non-hydrogen) atoms. The Morgan fingerprint density at radius 2 is 0.790 bits per heavy atom. The van der Waals surface area contributed by atoms with Crippen LogP contribution in [0, 0.1) is 85.8 Å². The largest absolute Gasteiger partial charge is 0.341 e. The summed E-state index contributed by atoms with van der Waals surface area (Å²) in [5, 5.41) is 2.57. The van der Waals surface area contributed by atoms with Crippen LogP contribution in [0.4, 0.5) is 0 Å². The third-order valence-corrected chi connectivity index (χ3v) is 28.3. The summed E-state index contributed by atoms with van der Waals surface area (Å²) in [5.74, 6) is 2.24. The van der Waals surface area contributed by atoms with Crippen molar-refractivity contribution < 1.29 is 47.9 Å². The molecule has 1 N–H and O–H groups in total. The second-order valence-electron chi connectivity index (χ2n) is 31.0. The first-order chi connectivity index (χ1) is 37.7. The summed E-state index contributed by atoms with van der Waals surface area (Å²) >= 11 is 0. The Morgan fingerprint density at radius 3 is 1.17 bits per heavy atom. The third kappa shape index (κ3) is 6.19. The molecule has 3 saturated carbocycles. The normalized spacial score (nSPS) is 48.2. The molecule has 12 bridgehead atoms. The maximum atomic E-state index is 13.7. The Bertz CT molecular complexity index is 2940. The highest BCUT2D eigenvalue weighted by Crippen LogP contribution is 2.70. The molecule has 15 aliphatic heterocycles. The Kier molecular flexibility index (Phi) is 11.5. The number of carbonyl (C=O) groups is 10. The van der Waals surface area contributed by atoms with Gasteiger partial charge in [0.15, 0.2) is 0 Å². The van der Waals surface area contributed by atoms with Crippen LogP contribution in [-0.4, -0.2) is 201 Å². The summed E-state index contributed by atoms with van der Waals surface area (Å²) in [6.45, 7) is 23.9. The van der Waals surface area contributed by atoms with E-state index in [2.05, 4.69) is 70.5 Å². The molecule has 3 aliphatic carbocycles. The molecule has 6 spiro atoms. The van der Waals surface area contributed by atoms with Gasteiger partial charge in [0.05, 0.1) is 16.2 Å². The van der Waals surface area contributed by atoms with E-state index in [4.69, 9.17) is 0 Å². The van der Waals surface area contributed by atoms with Crippen LogP contribution in [0.25, 0.3) is 0 Å². The molecule has 18 atom stereocenters. The van der Waals surface area contributed by atoms with Gasteiger partial charge in [-0.05, 0) is 128 Å². The molecule has 19 heteroatoms. The van der Waals surface area contributed by atoms with Crippen molar-refractivity contribution in [2.75, 3.05) is 68.0 Å². The number of hydrogen-bond donors (Lipinski definition) is 1. The van der Waals surface area contributed by atoms with Crippen LogP contribution in [0.3, 0.4) is 0 Å². The molecular formula is C62H89N9O10. The van der Waals surface area contributed by atoms with Crippen LogP contribution in [0.1, 0.15) is 139 Å². The molecule has 0 aromatic carbocycles. The number of likely N-dealkylation sites (tertiary alicyclic amines) is 2. The topological polar surface area (TPSA) is 209 Å². The summed E-state index contributed by atoms with van der Waals surface area (Å²) in [6.07, 6.45) is 7.33. The first kappa shape index (κ1) is 55.4. The SMILES string of the molecule is C[C@H]1CC(=O)N2C[C@H]3C4C[C@]5(CC(=O)N(C)C5=O)C(C)(C)[C@@H]3C[C@]12C(=O)N4C.C[C@H]1CCN2C[C@H]3C4C[C@]5(CC(=O)N(C)C5=O)C(C)(C)[C@@H]3C[C@]12C(=O)N4C.C[C@H]1CCN2C[C@H]3C4C[C@]5(CC(=O)NC5=O)C(C)(C)[C@@H]3C[C@]12C(=O)N4C. The lowest BCUT2D eigenvalue weighted by Crippen LogP contribution is -2.65. The number of fused-ring (bicyclic) bond motifs is 3. The van der Waals surface area contributed by atoms with Gasteiger partial charge in [0.2, 0.25) is 59.1 Å². The van der Waals surface area contributed by atoms with Crippen molar-refractivity contribution >= 4 is 59.1 Å². The number of amides is 10. The summed E-state index contributed by atoms with van der Waals surface area (Å²) in [5.41, 5.74) is -4.73. The van der Waals surface area contributed by atoms with Gasteiger partial charge in [0.25, 0.3) is 0 Å². The molecule has 18 fully saturated rings. The molecule has 15 heterocycles. The number of nitrogens with one attached hydrogen (secondary N) is 1. The number of piperidine rings is 3. The fraction of sp³-hybridized carbons (Fsp3) is 0.839. The quantitative estimate of drug-likeness (QED) is 0.347. The van der Waals surface area contributed by atoms with E-state index in [1.165, 1.54) is 9.80 Å². The van der Waals surface area contributed by atoms with Gasteiger partial charge in [-0.2, -0.15) is 0 Å². The number of imide groups is 3. The minimum atomic E-state index is -0.790. The van der Waals surface area contributed by atoms with Crippen LogP contribution >= 0.6 is 0 Å². The molecular weight excluding hydrogens is 1030 g/mol. The lowest BCUT2D eigenvalue weighted by Gasteiger charge is -2.60. The van der Waals surface area contributed by atoms with E-state index in [1.807, 2.05) is 47.7 Å². The summed E-state index contributed by atoms with van der Waals surface area (Å²) in [7, 11) is 8.90. The van der Waals surface area contributed by atoms with Crippen LogP contribution in [0.2, 0.25) is 0 Å². The molecule has 0 aromatic rings. The molecule has 3 unspecified atom stereocenters. The fourth-order valence-corrected chi connectivity index (χ4v) is 22.8. The van der Waals surface area contributed by atoms with Gasteiger partial charge in [0, 0.05) is 105 Å². The van der Waals surface area contributed by atoms with E-state index >= 15 is 0 Å². The summed E-state index contributed by atoms with van der Waals surface area (Å²) < 4.78 is 0. The Labute approximate surface area is 477 Å². The second-order valence-corrected chi connectivity index (χ2v) is 31.0. The molecule has 18 rings (SSSR count). The van der Waals surface area contributed by atoms with Crippen molar-refractivity contribution in [3.05, 3.63) is 0 Å². The lowest BCUT2D eigenvalue weighted by atomic mass is 9.46. The fourth-order valence-electron chi connectivity index (χ4n) is 22.8. The van der Waals surface area contributed by atoms with E-state index in [-0.39, 0.29) is 130 Å². The third-order valence-electron chi connectivity index (χ3n) is 28.3. The molecule has 0 aromatic heterocycles. The van der Waals surface area contributed by atoms with Crippen molar-refractivity contribution in [1.82, 2.24) is 44.5 Å². The second kappa shape index (κ2) is 16.8. The highest BCUT2D eigenvalue weighted by molar-refractivity contribution is 6.08. The maximum absolute atomic E-state index is 13.7. The standard InChI is InChI=1S/C21H29N3O4.C21H31N3O3.C20H29N3O3/c1-11-6-15(25)24-10-12-13-7-21(11,24)18(28)22(4)14(12)8-20(19(13,2)3)9-16(26)23(5)17(20)27;1-12-6-7-24-11-13-14-8-21(12,24)18(27)22(4)15(13)9-20(19(14,2)3)10-16(25)23(5)17(20)26;1-11-5-6-23-10-12-13-7-20(11,23)17(26)22(4)14(12)8-19(18(13,2)3)9-15(24)21-16(19)25/h11-14H,6-10H2,1-5H3;12-15H,6-11H2,1-5H3;11-14H,5-10H2,1-4H3,(H,21,24,25)/t11-,12+,13+,14?,20+,21+;12-,13+,14+,15?,20+,21+;11-,12+,13+,14?,19+,20+/m000/s1. The maximum Gasteiger partial charge on any atom is 0.248 e.